The number of carbonyl (C=O) groups excluding carboxylic acids is 1. The van der Waals surface area contributed by atoms with E-state index in [9.17, 15) is 4.79 Å². The van der Waals surface area contributed by atoms with E-state index in [1.807, 2.05) is 42.5 Å². The molecule has 128 valence electrons. The molecule has 0 bridgehead atoms. The van der Waals surface area contributed by atoms with E-state index in [-0.39, 0.29) is 11.7 Å². The summed E-state index contributed by atoms with van der Waals surface area (Å²) < 4.78 is 10.8. The average Bonchev–Trinajstić information content (AvgIpc) is 3.09. The molecule has 2 heterocycles. The van der Waals surface area contributed by atoms with Crippen LogP contribution < -0.4 is 9.47 Å². The fraction of sp³-hybridized carbons (Fsp3) is 0.316. The van der Waals surface area contributed by atoms with Crippen molar-refractivity contribution in [2.45, 2.75) is 16.4 Å². The third-order valence-electron chi connectivity index (χ3n) is 4.88. The van der Waals surface area contributed by atoms with Crippen LogP contribution in [0.15, 0.2) is 57.6 Å². The second kappa shape index (κ2) is 6.19. The van der Waals surface area contributed by atoms with Crippen LogP contribution in [0, 0.1) is 0 Å². The number of hydrogen-bond acceptors (Lipinski definition) is 6. The number of ether oxygens (including phenoxy) is 2. The van der Waals surface area contributed by atoms with Crippen molar-refractivity contribution in [3.63, 3.8) is 0 Å². The Morgan fingerprint density at radius 2 is 2.00 bits per heavy atom. The first-order valence-corrected chi connectivity index (χ1v) is 9.05. The Hall–Kier alpha value is -2.34. The van der Waals surface area contributed by atoms with Gasteiger partial charge in [-0.15, -0.1) is 11.8 Å². The van der Waals surface area contributed by atoms with Gasteiger partial charge in [0.05, 0.1) is 20.8 Å². The van der Waals surface area contributed by atoms with Gasteiger partial charge in [-0.25, -0.2) is 0 Å². The smallest absolute Gasteiger partial charge is 0.194 e. The molecule has 0 fully saturated rings. The number of methoxy groups -OCH3 is 2. The Kier molecular flexibility index (Phi) is 4.00. The SMILES string of the molecule is COc1ccc(C2CN=NC23CSc2ccccc2C3=O)c(OC)c1. The molecule has 0 N–H and O–H groups in total. The summed E-state index contributed by atoms with van der Waals surface area (Å²) in [5.41, 5.74) is 0.819. The van der Waals surface area contributed by atoms with Gasteiger partial charge in [0.2, 0.25) is 0 Å². The van der Waals surface area contributed by atoms with Gasteiger partial charge in [-0.05, 0) is 12.1 Å². The summed E-state index contributed by atoms with van der Waals surface area (Å²) in [6.45, 7) is 0.483. The molecule has 1 spiro atoms. The van der Waals surface area contributed by atoms with Crippen LogP contribution in [-0.4, -0.2) is 37.8 Å². The maximum absolute atomic E-state index is 13.3. The molecule has 2 aromatic carbocycles. The highest BCUT2D eigenvalue weighted by Gasteiger charge is 2.53. The first-order chi connectivity index (χ1) is 12.2. The molecule has 2 atom stereocenters. The fourth-order valence-corrected chi connectivity index (χ4v) is 4.79. The Balaban J connectivity index is 1.79. The monoisotopic (exact) mass is 354 g/mol. The van der Waals surface area contributed by atoms with Crippen LogP contribution in [0.1, 0.15) is 21.8 Å². The molecule has 2 unspecified atom stereocenters. The van der Waals surface area contributed by atoms with E-state index in [2.05, 4.69) is 10.2 Å². The van der Waals surface area contributed by atoms with Crippen molar-refractivity contribution >= 4 is 17.5 Å². The van der Waals surface area contributed by atoms with Crippen molar-refractivity contribution in [3.8, 4) is 11.5 Å². The highest BCUT2D eigenvalue weighted by atomic mass is 32.2. The zero-order chi connectivity index (χ0) is 17.4. The Morgan fingerprint density at radius 3 is 2.80 bits per heavy atom. The van der Waals surface area contributed by atoms with Crippen LogP contribution >= 0.6 is 11.8 Å². The van der Waals surface area contributed by atoms with Crippen LogP contribution in [0.25, 0.3) is 0 Å². The van der Waals surface area contributed by atoms with Gasteiger partial charge in [-0.2, -0.15) is 10.2 Å². The molecule has 2 aromatic rings. The lowest BCUT2D eigenvalue weighted by Crippen LogP contribution is -2.46. The van der Waals surface area contributed by atoms with Gasteiger partial charge in [0.15, 0.2) is 11.3 Å². The molecule has 5 nitrogen and oxygen atoms in total. The molecule has 25 heavy (non-hydrogen) atoms. The Labute approximate surface area is 150 Å². The van der Waals surface area contributed by atoms with Crippen molar-refractivity contribution in [2.24, 2.45) is 10.2 Å². The van der Waals surface area contributed by atoms with E-state index in [0.717, 1.165) is 21.8 Å². The number of Topliss-reactive ketones (excluding diaryl/α,β-unsaturated/α-hetero) is 1. The van der Waals surface area contributed by atoms with E-state index < -0.39 is 5.54 Å². The minimum Gasteiger partial charge on any atom is -0.497 e. The molecule has 0 radical (unpaired) electrons. The van der Waals surface area contributed by atoms with Gasteiger partial charge in [0.1, 0.15) is 11.5 Å². The number of ketones is 1. The molecule has 0 saturated heterocycles. The van der Waals surface area contributed by atoms with Crippen molar-refractivity contribution in [2.75, 3.05) is 26.5 Å². The average molecular weight is 354 g/mol. The number of hydrogen-bond donors (Lipinski definition) is 0. The zero-order valence-corrected chi connectivity index (χ0v) is 14.9. The summed E-state index contributed by atoms with van der Waals surface area (Å²) in [6.07, 6.45) is 0. The summed E-state index contributed by atoms with van der Waals surface area (Å²) in [5, 5.41) is 8.71. The van der Waals surface area contributed by atoms with Gasteiger partial charge in [-0.1, -0.05) is 24.3 Å². The number of carbonyl (C=O) groups is 1. The van der Waals surface area contributed by atoms with Crippen LogP contribution in [0.4, 0.5) is 0 Å². The summed E-state index contributed by atoms with van der Waals surface area (Å²) in [7, 11) is 3.25. The standard InChI is InChI=1S/C19H18N2O3S/c1-23-12-7-8-13(16(9-12)24-2)15-10-20-21-19(15)11-25-17-6-4-3-5-14(17)18(19)22/h3-9,15H,10-11H2,1-2H3. The van der Waals surface area contributed by atoms with E-state index in [0.29, 0.717) is 18.0 Å². The number of azo groups is 1. The third-order valence-corrected chi connectivity index (χ3v) is 6.13. The Bertz CT molecular complexity index is 867. The Morgan fingerprint density at radius 1 is 1.16 bits per heavy atom. The number of thioether (sulfide) groups is 1. The minimum absolute atomic E-state index is 0.0472. The van der Waals surface area contributed by atoms with Gasteiger partial charge in [0, 0.05) is 33.8 Å². The lowest BCUT2D eigenvalue weighted by atomic mass is 9.76. The zero-order valence-electron chi connectivity index (χ0n) is 14.1. The number of nitrogens with zero attached hydrogens (tertiary/aromatic N) is 2. The molecule has 6 heteroatoms. The molecule has 2 aliphatic heterocycles. The van der Waals surface area contributed by atoms with Crippen LogP contribution in [0.3, 0.4) is 0 Å². The van der Waals surface area contributed by atoms with Gasteiger partial charge in [0.25, 0.3) is 0 Å². The summed E-state index contributed by atoms with van der Waals surface area (Å²) >= 11 is 1.67. The first-order valence-electron chi connectivity index (χ1n) is 8.07. The van der Waals surface area contributed by atoms with Crippen molar-refractivity contribution < 1.29 is 14.3 Å². The predicted molar refractivity (Wildman–Crippen MR) is 96.2 cm³/mol. The fourth-order valence-electron chi connectivity index (χ4n) is 3.53. The van der Waals surface area contributed by atoms with Crippen molar-refractivity contribution in [1.82, 2.24) is 0 Å². The van der Waals surface area contributed by atoms with Gasteiger partial charge in [-0.3, -0.25) is 4.79 Å². The number of fused-ring (bicyclic) bond motifs is 1. The van der Waals surface area contributed by atoms with Crippen LogP contribution in [-0.2, 0) is 0 Å². The molecule has 2 aliphatic rings. The number of rotatable bonds is 3. The van der Waals surface area contributed by atoms with E-state index in [1.54, 1.807) is 26.0 Å². The second-order valence-electron chi connectivity index (χ2n) is 6.12. The lowest BCUT2D eigenvalue weighted by Gasteiger charge is -2.34. The quantitative estimate of drug-likeness (QED) is 0.836. The molecule has 4 rings (SSSR count). The molecule has 0 amide bonds. The van der Waals surface area contributed by atoms with Gasteiger partial charge >= 0.3 is 0 Å². The summed E-state index contributed by atoms with van der Waals surface area (Å²) in [6, 6.07) is 13.4. The summed E-state index contributed by atoms with van der Waals surface area (Å²) in [4.78, 5) is 14.3. The van der Waals surface area contributed by atoms with Crippen LogP contribution in [0.2, 0.25) is 0 Å². The highest BCUT2D eigenvalue weighted by Crippen LogP contribution is 2.49. The summed E-state index contributed by atoms with van der Waals surface area (Å²) in [5.74, 6) is 1.92. The third kappa shape index (κ3) is 2.43. The van der Waals surface area contributed by atoms with Crippen LogP contribution in [0.5, 0.6) is 11.5 Å². The topological polar surface area (TPSA) is 60.2 Å². The van der Waals surface area contributed by atoms with Crippen molar-refractivity contribution in [3.05, 3.63) is 53.6 Å². The lowest BCUT2D eigenvalue weighted by molar-refractivity contribution is 0.0888. The molecule has 0 aromatic heterocycles. The molecule has 0 saturated carbocycles. The van der Waals surface area contributed by atoms with Crippen molar-refractivity contribution in [1.29, 1.82) is 0 Å². The van der Waals surface area contributed by atoms with E-state index in [4.69, 9.17) is 9.47 Å². The van der Waals surface area contributed by atoms with E-state index in [1.165, 1.54) is 0 Å². The number of benzene rings is 2. The molecular weight excluding hydrogens is 336 g/mol. The highest BCUT2D eigenvalue weighted by molar-refractivity contribution is 7.99. The first kappa shape index (κ1) is 16.1. The second-order valence-corrected chi connectivity index (χ2v) is 7.14. The largest absolute Gasteiger partial charge is 0.497 e. The van der Waals surface area contributed by atoms with Gasteiger partial charge < -0.3 is 9.47 Å². The predicted octanol–water partition coefficient (Wildman–Crippen LogP) is 3.98. The maximum Gasteiger partial charge on any atom is 0.194 e. The molecule has 0 aliphatic carbocycles. The van der Waals surface area contributed by atoms with E-state index >= 15 is 0 Å². The maximum atomic E-state index is 13.3. The minimum atomic E-state index is -0.860. The normalized spacial score (nSPS) is 24.4. The molecular formula is C19H18N2O3S.